The number of sulfonamides is 1. The van der Waals surface area contributed by atoms with Crippen LogP contribution in [0.2, 0.25) is 0 Å². The van der Waals surface area contributed by atoms with Crippen molar-refractivity contribution in [3.8, 4) is 0 Å². The number of nitrogens with one attached hydrogen (secondary N) is 2. The van der Waals surface area contributed by atoms with Crippen LogP contribution in [0.5, 0.6) is 0 Å². The first-order valence-corrected chi connectivity index (χ1v) is 8.44. The molecular weight excluding hydrogens is 312 g/mol. The van der Waals surface area contributed by atoms with Gasteiger partial charge in [0.1, 0.15) is 5.82 Å². The van der Waals surface area contributed by atoms with Crippen LogP contribution in [0.15, 0.2) is 29.0 Å². The Kier molecular flexibility index (Phi) is 3.43. The number of thiazole rings is 1. The summed E-state index contributed by atoms with van der Waals surface area (Å²) in [7, 11) is -0.525. The topological polar surface area (TPSA) is 95.4 Å². The Morgan fingerprint density at radius 3 is 3.00 bits per heavy atom. The van der Waals surface area contributed by atoms with Crippen LogP contribution in [-0.2, 0) is 16.6 Å². The summed E-state index contributed by atoms with van der Waals surface area (Å²) in [6.45, 7) is 0.163. The second-order valence-electron chi connectivity index (χ2n) is 4.37. The molecule has 21 heavy (non-hydrogen) atoms. The van der Waals surface area contributed by atoms with Crippen molar-refractivity contribution >= 4 is 32.1 Å². The molecule has 112 valence electrons. The van der Waals surface area contributed by atoms with Gasteiger partial charge >= 0.3 is 0 Å². The largest absolute Gasteiger partial charge is 0.371 e. The van der Waals surface area contributed by atoms with Gasteiger partial charge in [0.2, 0.25) is 0 Å². The van der Waals surface area contributed by atoms with E-state index in [4.69, 9.17) is 0 Å². The summed E-state index contributed by atoms with van der Waals surface area (Å²) in [5.41, 5.74) is 0. The molecule has 0 aliphatic heterocycles. The van der Waals surface area contributed by atoms with E-state index in [9.17, 15) is 8.42 Å². The van der Waals surface area contributed by atoms with Crippen LogP contribution >= 0.6 is 11.3 Å². The number of aromatic amines is 1. The standard InChI is InChI=1S/C11H14N6O2S2/c1-12-9-10(17-5-6-20-11(17)15-9)21(18,19)16(2)7-8-13-3-4-14-8/h3-6,12H,7H2,1-2H3,(H,13,14). The second-order valence-corrected chi connectivity index (χ2v) is 7.20. The maximum atomic E-state index is 12.8. The van der Waals surface area contributed by atoms with Crippen molar-refractivity contribution in [2.75, 3.05) is 19.4 Å². The van der Waals surface area contributed by atoms with Crippen LogP contribution in [0.1, 0.15) is 5.82 Å². The van der Waals surface area contributed by atoms with Crippen molar-refractivity contribution in [1.29, 1.82) is 0 Å². The summed E-state index contributed by atoms with van der Waals surface area (Å²) in [6, 6.07) is 0. The summed E-state index contributed by atoms with van der Waals surface area (Å²) in [6.07, 6.45) is 4.94. The van der Waals surface area contributed by atoms with Crippen LogP contribution in [0, 0.1) is 0 Å². The van der Waals surface area contributed by atoms with Crippen molar-refractivity contribution in [3.05, 3.63) is 29.8 Å². The molecule has 0 saturated heterocycles. The van der Waals surface area contributed by atoms with Crippen LogP contribution in [0.25, 0.3) is 4.96 Å². The maximum absolute atomic E-state index is 12.8. The normalized spacial score (nSPS) is 12.3. The van der Waals surface area contributed by atoms with E-state index in [1.54, 1.807) is 35.4 Å². The van der Waals surface area contributed by atoms with E-state index in [1.807, 2.05) is 0 Å². The second kappa shape index (κ2) is 5.13. The molecule has 0 aromatic carbocycles. The van der Waals surface area contributed by atoms with Crippen LogP contribution in [-0.4, -0.2) is 46.2 Å². The number of anilines is 1. The number of fused-ring (bicyclic) bond motifs is 1. The van der Waals surface area contributed by atoms with Crippen molar-refractivity contribution in [2.45, 2.75) is 11.6 Å². The van der Waals surface area contributed by atoms with Gasteiger partial charge in [0.05, 0.1) is 6.54 Å². The van der Waals surface area contributed by atoms with Crippen LogP contribution < -0.4 is 5.32 Å². The number of aromatic nitrogens is 4. The highest BCUT2D eigenvalue weighted by molar-refractivity contribution is 7.89. The smallest absolute Gasteiger partial charge is 0.263 e. The van der Waals surface area contributed by atoms with E-state index < -0.39 is 10.0 Å². The molecule has 0 unspecified atom stereocenters. The van der Waals surface area contributed by atoms with Crippen molar-refractivity contribution < 1.29 is 8.42 Å². The quantitative estimate of drug-likeness (QED) is 0.729. The van der Waals surface area contributed by atoms with Gasteiger partial charge in [-0.15, -0.1) is 11.3 Å². The third kappa shape index (κ3) is 2.30. The summed E-state index contributed by atoms with van der Waals surface area (Å²) in [4.78, 5) is 11.8. The predicted octanol–water partition coefficient (Wildman–Crippen LogP) is 0.981. The molecular formula is C11H14N6O2S2. The van der Waals surface area contributed by atoms with Gasteiger partial charge in [-0.2, -0.15) is 4.31 Å². The number of imidazole rings is 2. The molecule has 3 aromatic rings. The Morgan fingerprint density at radius 1 is 1.52 bits per heavy atom. The monoisotopic (exact) mass is 326 g/mol. The molecule has 0 radical (unpaired) electrons. The summed E-state index contributed by atoms with van der Waals surface area (Å²) in [5.74, 6) is 0.923. The van der Waals surface area contributed by atoms with Gasteiger partial charge in [-0.1, -0.05) is 0 Å². The molecule has 0 amide bonds. The van der Waals surface area contributed by atoms with Gasteiger partial charge in [-0.3, -0.25) is 4.40 Å². The summed E-state index contributed by atoms with van der Waals surface area (Å²) in [5, 5.41) is 4.77. The predicted molar refractivity (Wildman–Crippen MR) is 79.9 cm³/mol. The number of hydrogen-bond donors (Lipinski definition) is 2. The van der Waals surface area contributed by atoms with Gasteiger partial charge in [0.25, 0.3) is 10.0 Å². The Balaban J connectivity index is 2.05. The SMILES string of the molecule is CNc1nc2sccn2c1S(=O)(=O)N(C)Cc1ncc[nH]1. The fraction of sp³-hybridized carbons (Fsp3) is 0.273. The Labute approximate surface area is 125 Å². The van der Waals surface area contributed by atoms with E-state index in [1.165, 1.54) is 22.7 Å². The first-order valence-electron chi connectivity index (χ1n) is 6.12. The molecule has 0 fully saturated rings. The van der Waals surface area contributed by atoms with Gasteiger partial charge in [-0.05, 0) is 0 Å². The van der Waals surface area contributed by atoms with E-state index >= 15 is 0 Å². The van der Waals surface area contributed by atoms with E-state index in [0.717, 1.165) is 0 Å². The lowest BCUT2D eigenvalue weighted by Crippen LogP contribution is -2.28. The maximum Gasteiger partial charge on any atom is 0.263 e. The van der Waals surface area contributed by atoms with Gasteiger partial charge in [-0.25, -0.2) is 18.4 Å². The molecule has 2 N–H and O–H groups in total. The van der Waals surface area contributed by atoms with Gasteiger partial charge < -0.3 is 10.3 Å². The van der Waals surface area contributed by atoms with Crippen LogP contribution in [0.3, 0.4) is 0 Å². The third-order valence-corrected chi connectivity index (χ3v) is 5.62. The lowest BCUT2D eigenvalue weighted by atomic mass is 10.6. The first kappa shape index (κ1) is 14.0. The summed E-state index contributed by atoms with van der Waals surface area (Å²) >= 11 is 1.38. The number of hydrogen-bond acceptors (Lipinski definition) is 6. The van der Waals surface area contributed by atoms with Crippen molar-refractivity contribution in [3.63, 3.8) is 0 Å². The lowest BCUT2D eigenvalue weighted by molar-refractivity contribution is 0.455. The fourth-order valence-electron chi connectivity index (χ4n) is 2.00. The molecule has 0 aliphatic rings. The van der Waals surface area contributed by atoms with Crippen LogP contribution in [0.4, 0.5) is 5.82 Å². The van der Waals surface area contributed by atoms with E-state index in [2.05, 4.69) is 20.3 Å². The molecule has 3 aromatic heterocycles. The average Bonchev–Trinajstić information content (AvgIpc) is 3.13. The minimum atomic E-state index is -3.69. The fourth-order valence-corrected chi connectivity index (χ4v) is 4.15. The highest BCUT2D eigenvalue weighted by Crippen LogP contribution is 2.27. The summed E-state index contributed by atoms with van der Waals surface area (Å²) < 4.78 is 28.4. The van der Waals surface area contributed by atoms with E-state index in [0.29, 0.717) is 16.6 Å². The molecule has 8 nitrogen and oxygen atoms in total. The number of nitrogens with zero attached hydrogens (tertiary/aromatic N) is 4. The zero-order valence-corrected chi connectivity index (χ0v) is 13.1. The molecule has 0 atom stereocenters. The molecule has 0 spiro atoms. The van der Waals surface area contributed by atoms with Gasteiger partial charge in [0, 0.05) is 38.1 Å². The zero-order chi connectivity index (χ0) is 15.0. The van der Waals surface area contributed by atoms with Gasteiger partial charge in [0.15, 0.2) is 15.8 Å². The minimum Gasteiger partial charge on any atom is -0.371 e. The number of rotatable bonds is 5. The minimum absolute atomic E-state index is 0.135. The van der Waals surface area contributed by atoms with Crippen molar-refractivity contribution in [1.82, 2.24) is 23.7 Å². The third-order valence-electron chi connectivity index (χ3n) is 3.04. The first-order chi connectivity index (χ1) is 10.0. The molecule has 0 aliphatic carbocycles. The van der Waals surface area contributed by atoms with Crippen molar-refractivity contribution in [2.24, 2.45) is 0 Å². The molecule has 0 saturated carbocycles. The van der Waals surface area contributed by atoms with E-state index in [-0.39, 0.29) is 11.6 Å². The Hall–Kier alpha value is -1.91. The molecule has 3 rings (SSSR count). The lowest BCUT2D eigenvalue weighted by Gasteiger charge is -2.16. The Morgan fingerprint density at radius 2 is 2.33 bits per heavy atom. The highest BCUT2D eigenvalue weighted by atomic mass is 32.2. The highest BCUT2D eigenvalue weighted by Gasteiger charge is 2.30. The zero-order valence-electron chi connectivity index (χ0n) is 11.4. The molecule has 10 heteroatoms. The molecule has 0 bridgehead atoms. The Bertz CT molecular complexity index is 849. The average molecular weight is 326 g/mol. The molecule has 3 heterocycles. The number of H-pyrrole nitrogens is 1.